The van der Waals surface area contributed by atoms with Crippen LogP contribution in [0, 0.1) is 6.92 Å². The summed E-state index contributed by atoms with van der Waals surface area (Å²) in [6.45, 7) is 2.50. The fourth-order valence-corrected chi connectivity index (χ4v) is 7.17. The molecule has 6 atom stereocenters. The van der Waals surface area contributed by atoms with E-state index in [0.29, 0.717) is 48.9 Å². The Balaban J connectivity index is 1.16. The molecule has 2 amide bonds. The second-order valence-corrected chi connectivity index (χ2v) is 13.4. The summed E-state index contributed by atoms with van der Waals surface area (Å²) in [6, 6.07) is 13.6. The minimum absolute atomic E-state index is 0.0847. The molecule has 4 heterocycles. The number of carbonyl (C=O) groups is 1. The molecule has 52 heavy (non-hydrogen) atoms. The molecule has 3 aromatic heterocycles. The van der Waals surface area contributed by atoms with Gasteiger partial charge < -0.3 is 55.9 Å². The Bertz CT molecular complexity index is 2100. The summed E-state index contributed by atoms with van der Waals surface area (Å²) in [7, 11) is 0. The number of rotatable bonds is 11. The van der Waals surface area contributed by atoms with E-state index in [1.54, 1.807) is 28.8 Å². The molecular weight excluding hydrogens is 672 g/mol. The maximum absolute atomic E-state index is 12.8. The van der Waals surface area contributed by atoms with Gasteiger partial charge in [0.15, 0.2) is 17.0 Å². The molecule has 17 nitrogen and oxygen atoms in total. The predicted octanol–water partition coefficient (Wildman–Crippen LogP) is 1.04. The minimum atomic E-state index is -1.38. The lowest BCUT2D eigenvalue weighted by atomic mass is 10.1. The average molecular weight is 715 g/mol. The molecule has 7 rings (SSSR count). The van der Waals surface area contributed by atoms with Gasteiger partial charge in [0.1, 0.15) is 18.0 Å². The number of carbonyl (C=O) groups excluding carboxylic acids is 1. The van der Waals surface area contributed by atoms with Crippen LogP contribution in [0.5, 0.6) is 11.6 Å². The molecule has 1 aliphatic carbocycles. The largest absolute Gasteiger partial charge is 0.508 e. The van der Waals surface area contributed by atoms with Gasteiger partial charge in [-0.05, 0) is 49.4 Å². The first-order chi connectivity index (χ1) is 25.1. The summed E-state index contributed by atoms with van der Waals surface area (Å²) < 4.78 is 2.70. The van der Waals surface area contributed by atoms with Crippen LogP contribution in [0.1, 0.15) is 41.7 Å². The predicted molar refractivity (Wildman–Crippen MR) is 190 cm³/mol. The number of phenols is 1. The standard InChI is InChI=1S/C35H42N10O7/c1-19-32(50)45(35(52)38-19)26-14-25(28(48)29(26)49)44-18-37-27-30(39-23(17-46)12-20-6-3-2-4-7-20)41-33(42-31(27)44)43-11-10-22(16-43)40-34(51)36-15-21-8-5-9-24(47)13-21/h2-9,13,18,22-23,25-26,28-29,46-50H,10-12,14-17H2,1H3,(H,38,52)(H2,36,40,51)(H,39,41,42)/t22-,23+,25-,26+,28+,29-/m1/s1. The van der Waals surface area contributed by atoms with Crippen LogP contribution in [0.2, 0.25) is 0 Å². The summed E-state index contributed by atoms with van der Waals surface area (Å²) in [6.07, 6.45) is -0.0232. The fourth-order valence-electron chi connectivity index (χ4n) is 7.17. The van der Waals surface area contributed by atoms with Gasteiger partial charge in [-0.15, -0.1) is 0 Å². The first kappa shape index (κ1) is 34.8. The Kier molecular flexibility index (Phi) is 9.72. The molecule has 2 aliphatic rings. The lowest BCUT2D eigenvalue weighted by Crippen LogP contribution is -2.43. The third kappa shape index (κ3) is 6.97. The number of aromatic amines is 1. The smallest absolute Gasteiger partial charge is 0.328 e. The second kappa shape index (κ2) is 14.5. The van der Waals surface area contributed by atoms with Gasteiger partial charge in [-0.3, -0.25) is 4.57 Å². The number of aromatic nitrogens is 6. The van der Waals surface area contributed by atoms with Crippen molar-refractivity contribution >= 4 is 29.0 Å². The van der Waals surface area contributed by atoms with Gasteiger partial charge in [0.05, 0.1) is 36.8 Å². The molecular formula is C35H42N10O7. The summed E-state index contributed by atoms with van der Waals surface area (Å²) in [4.78, 5) is 44.2. The molecule has 0 unspecified atom stereocenters. The Morgan fingerprint density at radius 2 is 1.81 bits per heavy atom. The van der Waals surface area contributed by atoms with Crippen molar-refractivity contribution in [2.45, 2.75) is 69.1 Å². The molecule has 2 fully saturated rings. The molecule has 9 N–H and O–H groups in total. The minimum Gasteiger partial charge on any atom is -0.508 e. The summed E-state index contributed by atoms with van der Waals surface area (Å²) >= 11 is 0. The highest BCUT2D eigenvalue weighted by Gasteiger charge is 2.46. The van der Waals surface area contributed by atoms with Gasteiger partial charge in [-0.1, -0.05) is 42.5 Å². The van der Waals surface area contributed by atoms with Gasteiger partial charge in [0.25, 0.3) is 0 Å². The number of urea groups is 1. The highest BCUT2D eigenvalue weighted by Crippen LogP contribution is 2.41. The molecule has 0 bridgehead atoms. The number of imidazole rings is 2. The van der Waals surface area contributed by atoms with E-state index < -0.39 is 36.0 Å². The Morgan fingerprint density at radius 1 is 1.04 bits per heavy atom. The number of aliphatic hydroxyl groups excluding tert-OH is 3. The topological polar surface area (TPSA) is 239 Å². The highest BCUT2D eigenvalue weighted by molar-refractivity contribution is 5.85. The fraction of sp³-hybridized carbons (Fsp3) is 0.400. The third-order valence-electron chi connectivity index (χ3n) is 9.85. The van der Waals surface area contributed by atoms with Crippen LogP contribution >= 0.6 is 0 Å². The van der Waals surface area contributed by atoms with E-state index in [4.69, 9.17) is 9.97 Å². The maximum atomic E-state index is 12.8. The number of hydrogen-bond donors (Lipinski definition) is 9. The van der Waals surface area contributed by atoms with Gasteiger partial charge >= 0.3 is 11.7 Å². The lowest BCUT2D eigenvalue weighted by Gasteiger charge is -2.22. The van der Waals surface area contributed by atoms with Crippen molar-refractivity contribution in [1.29, 1.82) is 0 Å². The Hall–Kier alpha value is -5.65. The van der Waals surface area contributed by atoms with E-state index in [9.17, 15) is 35.1 Å². The number of H-pyrrole nitrogens is 1. The second-order valence-electron chi connectivity index (χ2n) is 13.4. The van der Waals surface area contributed by atoms with Crippen LogP contribution in [-0.4, -0.2) is 105 Å². The monoisotopic (exact) mass is 714 g/mol. The van der Waals surface area contributed by atoms with Gasteiger partial charge in [-0.25, -0.2) is 14.6 Å². The summed E-state index contributed by atoms with van der Waals surface area (Å²) in [5.74, 6) is 0.492. The molecule has 1 saturated heterocycles. The number of nitrogens with one attached hydrogen (secondary N) is 4. The van der Waals surface area contributed by atoms with Crippen molar-refractivity contribution in [3.8, 4) is 11.6 Å². The number of aromatic hydroxyl groups is 2. The number of nitrogens with zero attached hydrogens (tertiary/aromatic N) is 6. The van der Waals surface area contributed by atoms with Crippen LogP contribution in [0.15, 0.2) is 65.7 Å². The van der Waals surface area contributed by atoms with Crippen LogP contribution in [0.25, 0.3) is 11.2 Å². The van der Waals surface area contributed by atoms with Gasteiger partial charge in [0, 0.05) is 25.7 Å². The molecule has 0 radical (unpaired) electrons. The van der Waals surface area contributed by atoms with Gasteiger partial charge in [0.2, 0.25) is 11.8 Å². The Morgan fingerprint density at radius 3 is 2.54 bits per heavy atom. The van der Waals surface area contributed by atoms with Crippen molar-refractivity contribution < 1.29 is 30.3 Å². The number of phenolic OH excluding ortho intramolecular Hbond substituents is 1. The number of amides is 2. The molecule has 0 spiro atoms. The van der Waals surface area contributed by atoms with Gasteiger partial charge in [-0.2, -0.15) is 9.97 Å². The number of aryl methyl sites for hydroxylation is 1. The van der Waals surface area contributed by atoms with Crippen molar-refractivity contribution in [2.24, 2.45) is 0 Å². The van der Waals surface area contributed by atoms with Crippen molar-refractivity contribution in [1.82, 2.24) is 39.7 Å². The molecule has 274 valence electrons. The zero-order valence-corrected chi connectivity index (χ0v) is 28.4. The number of fused-ring (bicyclic) bond motifs is 1. The van der Waals surface area contributed by atoms with Crippen molar-refractivity contribution in [2.75, 3.05) is 29.9 Å². The van der Waals surface area contributed by atoms with E-state index in [1.165, 1.54) is 13.3 Å². The van der Waals surface area contributed by atoms with E-state index in [0.717, 1.165) is 15.7 Å². The average Bonchev–Trinajstić information content (AvgIpc) is 3.90. The lowest BCUT2D eigenvalue weighted by molar-refractivity contribution is 0.00761. The zero-order chi connectivity index (χ0) is 36.5. The zero-order valence-electron chi connectivity index (χ0n) is 28.4. The number of anilines is 2. The summed E-state index contributed by atoms with van der Waals surface area (Å²) in [5, 5.41) is 62.2. The first-order valence-electron chi connectivity index (χ1n) is 17.2. The molecule has 1 saturated carbocycles. The molecule has 5 aromatic rings. The first-order valence-corrected chi connectivity index (χ1v) is 17.2. The maximum Gasteiger partial charge on any atom is 0.328 e. The summed E-state index contributed by atoms with van der Waals surface area (Å²) in [5.41, 5.74) is 2.14. The third-order valence-corrected chi connectivity index (χ3v) is 9.85. The van der Waals surface area contributed by atoms with Crippen LogP contribution in [0.3, 0.4) is 0 Å². The SMILES string of the molecule is Cc1[nH]c(=O)n([C@H]2C[C@@H](n3cnc4c(N[C@H](CO)Cc5ccccc5)nc(N5CC[C@@H](NC(=O)NCc6cccc(O)c6)C5)nc43)[C@H](O)[C@@H]2O)c1O. The highest BCUT2D eigenvalue weighted by atomic mass is 16.3. The van der Waals surface area contributed by atoms with Crippen molar-refractivity contribution in [3.05, 3.63) is 88.2 Å². The number of hydrogen-bond acceptors (Lipinski definition) is 12. The molecule has 1 aliphatic heterocycles. The quantitative estimate of drug-likeness (QED) is 0.0933. The Labute approximate surface area is 297 Å². The van der Waals surface area contributed by atoms with E-state index >= 15 is 0 Å². The van der Waals surface area contributed by atoms with Crippen LogP contribution < -0.4 is 26.5 Å². The number of aliphatic hydroxyl groups is 3. The van der Waals surface area contributed by atoms with Crippen molar-refractivity contribution in [3.63, 3.8) is 0 Å². The molecule has 17 heteroatoms. The van der Waals surface area contributed by atoms with E-state index in [2.05, 4.69) is 25.9 Å². The van der Waals surface area contributed by atoms with E-state index in [1.807, 2.05) is 35.2 Å². The molecule has 2 aromatic carbocycles. The van der Waals surface area contributed by atoms with E-state index in [-0.39, 0.29) is 49.0 Å². The van der Waals surface area contributed by atoms with Crippen LogP contribution in [0.4, 0.5) is 16.6 Å². The van der Waals surface area contributed by atoms with Crippen LogP contribution in [-0.2, 0) is 13.0 Å². The number of benzene rings is 2. The normalized spacial score (nSPS) is 22.2.